The first-order valence-corrected chi connectivity index (χ1v) is 11.0. The summed E-state index contributed by atoms with van der Waals surface area (Å²) in [7, 11) is -4.76. The number of anilines is 1. The molecule has 1 aromatic heterocycles. The van der Waals surface area contributed by atoms with Crippen LogP contribution in [0.1, 0.15) is 27.7 Å². The lowest BCUT2D eigenvalue weighted by Crippen LogP contribution is -2.47. The van der Waals surface area contributed by atoms with Gasteiger partial charge in [0, 0.05) is 10.8 Å². The topological polar surface area (TPSA) is 59.1 Å². The Kier molecular flexibility index (Phi) is 7.32. The van der Waals surface area contributed by atoms with Crippen LogP contribution in [0.4, 0.5) is 9.57 Å². The molecule has 5 nitrogen and oxygen atoms in total. The van der Waals surface area contributed by atoms with Crippen LogP contribution in [0, 0.1) is 0 Å². The van der Waals surface area contributed by atoms with Gasteiger partial charge in [-0.1, -0.05) is 22.1 Å². The molecule has 0 amide bonds. The average molecular weight is 407 g/mol. The van der Waals surface area contributed by atoms with Crippen molar-refractivity contribution in [3.63, 3.8) is 0 Å². The average Bonchev–Trinajstić information content (AvgIpc) is 2.68. The molecule has 7 heteroatoms. The molecular weight excluding hydrogens is 377 g/mol. The van der Waals surface area contributed by atoms with Gasteiger partial charge in [-0.15, -0.1) is 0 Å². The number of nitrogens with zero attached hydrogens (tertiary/aromatic N) is 2. The minimum Gasteiger partial charge on any atom is -0.325 e. The summed E-state index contributed by atoms with van der Waals surface area (Å²) < 4.78 is 36.8. The van der Waals surface area contributed by atoms with Crippen molar-refractivity contribution in [2.45, 2.75) is 27.7 Å². The van der Waals surface area contributed by atoms with E-state index in [4.69, 9.17) is 0 Å². The highest BCUT2D eigenvalue weighted by Gasteiger charge is 2.16. The fraction of sp³-hybridized carbons (Fsp3) is 0.381. The van der Waals surface area contributed by atoms with Crippen molar-refractivity contribution in [3.05, 3.63) is 48.5 Å². The molecule has 0 bridgehead atoms. The number of hydrogen-bond donors (Lipinski definition) is 1. The molecule has 1 heterocycles. The lowest BCUT2D eigenvalue weighted by Gasteiger charge is -2.34. The minimum atomic E-state index is -4.76. The first-order valence-electron chi connectivity index (χ1n) is 9.63. The van der Waals surface area contributed by atoms with E-state index < -0.39 is 10.4 Å². The molecule has 0 unspecified atom stereocenters. The van der Waals surface area contributed by atoms with E-state index in [1.807, 2.05) is 30.3 Å². The Morgan fingerprint density at radius 3 is 1.96 bits per heavy atom. The van der Waals surface area contributed by atoms with Crippen LogP contribution in [-0.4, -0.2) is 44.1 Å². The van der Waals surface area contributed by atoms with E-state index in [1.165, 1.54) is 36.7 Å². The molecule has 0 saturated heterocycles. The maximum Gasteiger partial charge on any atom is 0.396 e. The normalized spacial score (nSPS) is 11.9. The molecule has 3 aromatic rings. The van der Waals surface area contributed by atoms with Gasteiger partial charge in [0.15, 0.2) is 0 Å². The van der Waals surface area contributed by atoms with Gasteiger partial charge >= 0.3 is 10.4 Å². The van der Waals surface area contributed by atoms with Gasteiger partial charge in [0.2, 0.25) is 0 Å². The number of hydrogen-bond acceptors (Lipinski definition) is 3. The lowest BCUT2D eigenvalue weighted by molar-refractivity contribution is -0.921. The molecule has 0 aliphatic carbocycles. The van der Waals surface area contributed by atoms with Crippen LogP contribution < -0.4 is 4.72 Å². The summed E-state index contributed by atoms with van der Waals surface area (Å²) in [6.45, 7) is 14.2. The zero-order valence-electron chi connectivity index (χ0n) is 16.9. The fourth-order valence-corrected chi connectivity index (χ4v) is 3.74. The third kappa shape index (κ3) is 5.62. The number of halogens is 1. The molecule has 0 atom stereocenters. The van der Waals surface area contributed by atoms with Gasteiger partial charge in [-0.2, -0.15) is 8.42 Å². The van der Waals surface area contributed by atoms with Crippen LogP contribution in [0.15, 0.2) is 48.5 Å². The monoisotopic (exact) mass is 406 g/mol. The van der Waals surface area contributed by atoms with Gasteiger partial charge in [0.05, 0.1) is 42.9 Å². The van der Waals surface area contributed by atoms with Crippen molar-refractivity contribution in [1.82, 2.24) is 4.98 Å². The third-order valence-corrected chi connectivity index (χ3v) is 5.92. The molecule has 0 aliphatic heterocycles. The van der Waals surface area contributed by atoms with Gasteiger partial charge < -0.3 is 4.48 Å². The van der Waals surface area contributed by atoms with E-state index in [0.29, 0.717) is 0 Å². The second kappa shape index (κ2) is 9.30. The van der Waals surface area contributed by atoms with Crippen molar-refractivity contribution in [2.24, 2.45) is 0 Å². The van der Waals surface area contributed by atoms with E-state index in [0.717, 1.165) is 21.8 Å². The fourth-order valence-electron chi connectivity index (χ4n) is 3.33. The number of para-hydroxylation sites is 1. The molecule has 2 aromatic carbocycles. The number of benzene rings is 2. The summed E-state index contributed by atoms with van der Waals surface area (Å²) in [6.07, 6.45) is 0. The Morgan fingerprint density at radius 1 is 0.857 bits per heavy atom. The summed E-state index contributed by atoms with van der Waals surface area (Å²) in [4.78, 5) is 4.44. The van der Waals surface area contributed by atoms with Crippen molar-refractivity contribution >= 4 is 37.9 Å². The van der Waals surface area contributed by atoms with Crippen LogP contribution in [-0.2, 0) is 10.4 Å². The number of rotatable bonds is 6. The van der Waals surface area contributed by atoms with Crippen molar-refractivity contribution in [2.75, 3.05) is 30.9 Å². The molecule has 1 N–H and O–H groups in total. The Labute approximate surface area is 167 Å². The Hall–Kier alpha value is -2.25. The van der Waals surface area contributed by atoms with Gasteiger partial charge in [-0.05, 0) is 58.0 Å². The number of pyridine rings is 1. The minimum absolute atomic E-state index is 0.173. The summed E-state index contributed by atoms with van der Waals surface area (Å²) in [5, 5.41) is 1.68. The van der Waals surface area contributed by atoms with Crippen molar-refractivity contribution < 1.29 is 16.8 Å². The molecule has 0 saturated carbocycles. The van der Waals surface area contributed by atoms with E-state index in [9.17, 15) is 12.3 Å². The van der Waals surface area contributed by atoms with Gasteiger partial charge in [0.25, 0.3) is 0 Å². The van der Waals surface area contributed by atoms with Crippen LogP contribution in [0.5, 0.6) is 0 Å². The first-order chi connectivity index (χ1) is 13.3. The summed E-state index contributed by atoms with van der Waals surface area (Å²) >= 11 is 0. The predicted molar refractivity (Wildman–Crippen MR) is 115 cm³/mol. The Bertz CT molecular complexity index is 1020. The number of aromatic nitrogens is 1. The zero-order valence-corrected chi connectivity index (χ0v) is 17.8. The first kappa shape index (κ1) is 22.0. The number of nitrogens with one attached hydrogen (secondary N) is 1. The highest BCUT2D eigenvalue weighted by atomic mass is 32.3. The van der Waals surface area contributed by atoms with Crippen molar-refractivity contribution in [1.29, 1.82) is 0 Å². The summed E-state index contributed by atoms with van der Waals surface area (Å²) in [5.74, 6) is 0. The molecule has 152 valence electrons. The van der Waals surface area contributed by atoms with Crippen molar-refractivity contribution in [3.8, 4) is 0 Å². The van der Waals surface area contributed by atoms with Gasteiger partial charge in [-0.25, -0.2) is 4.98 Å². The maximum atomic E-state index is 12.6. The summed E-state index contributed by atoms with van der Waals surface area (Å²) in [5.41, 5.74) is 1.75. The molecule has 0 fully saturated rings. The quantitative estimate of drug-likeness (QED) is 0.360. The number of fused-ring (bicyclic) bond motifs is 2. The standard InChI is InChI=1S/C13H9FN2O2S.C8H20N/c14-19(17,18)16-11-5-6-13-10(8-11)7-9-3-1-2-4-12(9)15-13;1-5-9(6-2,7-3)8-4/h1-8,16H;5-8H2,1-4H3/q;+1. The van der Waals surface area contributed by atoms with Crippen LogP contribution in [0.2, 0.25) is 0 Å². The second-order valence-corrected chi connectivity index (χ2v) is 7.81. The van der Waals surface area contributed by atoms with Crippen LogP contribution in [0.25, 0.3) is 21.8 Å². The third-order valence-electron chi connectivity index (χ3n) is 5.44. The molecular formula is C21H29FN3O2S+. The van der Waals surface area contributed by atoms with E-state index in [-0.39, 0.29) is 5.69 Å². The van der Waals surface area contributed by atoms with Crippen LogP contribution in [0.3, 0.4) is 0 Å². The molecule has 0 spiro atoms. The maximum absolute atomic E-state index is 12.6. The Morgan fingerprint density at radius 2 is 1.43 bits per heavy atom. The predicted octanol–water partition coefficient (Wildman–Crippen LogP) is 4.90. The summed E-state index contributed by atoms with van der Waals surface area (Å²) in [6, 6.07) is 14.1. The molecule has 0 radical (unpaired) electrons. The highest BCUT2D eigenvalue weighted by Crippen LogP contribution is 2.23. The van der Waals surface area contributed by atoms with Gasteiger partial charge in [-0.3, -0.25) is 4.72 Å². The highest BCUT2D eigenvalue weighted by molar-refractivity contribution is 7.87. The lowest BCUT2D eigenvalue weighted by atomic mass is 10.1. The second-order valence-electron chi connectivity index (χ2n) is 6.74. The SMILES string of the molecule is CC[N+](CC)(CC)CC.O=S(=O)(F)Nc1ccc2nc3ccccc3cc2c1. The Balaban J connectivity index is 0.000000266. The smallest absolute Gasteiger partial charge is 0.325 e. The molecule has 28 heavy (non-hydrogen) atoms. The van der Waals surface area contributed by atoms with E-state index >= 15 is 0 Å². The van der Waals surface area contributed by atoms with E-state index in [1.54, 1.807) is 16.9 Å². The zero-order chi connectivity index (χ0) is 20.8. The molecule has 3 rings (SSSR count). The largest absolute Gasteiger partial charge is 0.396 e. The van der Waals surface area contributed by atoms with Crippen LogP contribution >= 0.6 is 0 Å². The molecule has 0 aliphatic rings. The van der Waals surface area contributed by atoms with Gasteiger partial charge in [0.1, 0.15) is 0 Å². The van der Waals surface area contributed by atoms with E-state index in [2.05, 4.69) is 32.7 Å². The number of quaternary nitrogens is 1.